The van der Waals surface area contributed by atoms with Gasteiger partial charge in [-0.2, -0.15) is 0 Å². The van der Waals surface area contributed by atoms with Crippen LogP contribution < -0.4 is 4.90 Å². The Labute approximate surface area is 193 Å². The first-order chi connectivity index (χ1) is 16.2. The predicted octanol–water partition coefficient (Wildman–Crippen LogP) is 5.95. The van der Waals surface area contributed by atoms with Crippen LogP contribution in [0.5, 0.6) is 0 Å². The van der Waals surface area contributed by atoms with Crippen LogP contribution in [-0.2, 0) is 6.42 Å². The van der Waals surface area contributed by atoms with Crippen molar-refractivity contribution in [3.63, 3.8) is 0 Å². The lowest BCUT2D eigenvalue weighted by Gasteiger charge is -2.21. The van der Waals surface area contributed by atoms with Crippen molar-refractivity contribution < 1.29 is 0 Å². The zero-order valence-electron chi connectivity index (χ0n) is 19.0. The van der Waals surface area contributed by atoms with Gasteiger partial charge >= 0.3 is 0 Å². The molecule has 0 atom stereocenters. The van der Waals surface area contributed by atoms with Crippen LogP contribution in [-0.4, -0.2) is 32.5 Å². The van der Waals surface area contributed by atoms with E-state index in [0.29, 0.717) is 5.92 Å². The monoisotopic (exact) mass is 433 g/mol. The first-order valence-corrected chi connectivity index (χ1v) is 11.6. The van der Waals surface area contributed by atoms with Gasteiger partial charge in [0.2, 0.25) is 0 Å². The lowest BCUT2D eigenvalue weighted by atomic mass is 9.96. The van der Waals surface area contributed by atoms with E-state index in [1.165, 1.54) is 22.2 Å². The van der Waals surface area contributed by atoms with E-state index < -0.39 is 0 Å². The fourth-order valence-corrected chi connectivity index (χ4v) is 4.86. The summed E-state index contributed by atoms with van der Waals surface area (Å²) in [6.45, 7) is 6.28. The second-order valence-corrected chi connectivity index (χ2v) is 9.03. The second kappa shape index (κ2) is 7.93. The summed E-state index contributed by atoms with van der Waals surface area (Å²) in [5, 5.41) is 2.35. The number of fused-ring (bicyclic) bond motifs is 6. The zero-order valence-corrected chi connectivity index (χ0v) is 19.0. The molecule has 0 bridgehead atoms. The van der Waals surface area contributed by atoms with Crippen molar-refractivity contribution in [1.29, 1.82) is 0 Å². The number of anilines is 1. The van der Waals surface area contributed by atoms with Gasteiger partial charge in [-0.3, -0.25) is 9.38 Å². The third-order valence-electron chi connectivity index (χ3n) is 6.53. The minimum atomic E-state index is 0.425. The molecule has 5 heteroatoms. The van der Waals surface area contributed by atoms with Crippen molar-refractivity contribution in [1.82, 2.24) is 19.3 Å². The van der Waals surface area contributed by atoms with Crippen LogP contribution in [0.4, 0.5) is 5.69 Å². The quantitative estimate of drug-likeness (QED) is 0.321. The van der Waals surface area contributed by atoms with Gasteiger partial charge in [0.05, 0.1) is 23.4 Å². The summed E-state index contributed by atoms with van der Waals surface area (Å²) >= 11 is 0. The molecule has 2 aromatic carbocycles. The standard InChI is InChI=1S/C28H27N5/c1-20(2)23-10-6-12-25-26(23)27-24(11-7-14-29-27)28-30-21(18-33(25)28)13-15-31-16-17-32(19-31)22-8-4-3-5-9-22/h3-12,14,16-18,20H,13,15,19H2,1-2H3. The van der Waals surface area contributed by atoms with Crippen molar-refractivity contribution in [2.24, 2.45) is 0 Å². The Balaban J connectivity index is 1.34. The number of imidazole rings is 1. The fraction of sp³-hybridized carbons (Fsp3) is 0.214. The van der Waals surface area contributed by atoms with Crippen LogP contribution in [0.25, 0.3) is 27.5 Å². The highest BCUT2D eigenvalue weighted by atomic mass is 15.3. The van der Waals surface area contributed by atoms with E-state index in [-0.39, 0.29) is 0 Å². The molecule has 0 N–H and O–H groups in total. The molecule has 0 amide bonds. The molecule has 0 unspecified atom stereocenters. The highest BCUT2D eigenvalue weighted by Crippen LogP contribution is 2.33. The third-order valence-corrected chi connectivity index (χ3v) is 6.53. The SMILES string of the molecule is CC(C)c1cccc2c1c1ncccc1c1nc(CCN3C=CN(c4ccccc4)C3)cn21. The molecule has 4 heterocycles. The summed E-state index contributed by atoms with van der Waals surface area (Å²) in [7, 11) is 0. The average molecular weight is 434 g/mol. The lowest BCUT2D eigenvalue weighted by Crippen LogP contribution is -2.26. The topological polar surface area (TPSA) is 36.7 Å². The smallest absolute Gasteiger partial charge is 0.147 e. The molecule has 33 heavy (non-hydrogen) atoms. The molecule has 1 aliphatic rings. The minimum absolute atomic E-state index is 0.425. The van der Waals surface area contributed by atoms with Gasteiger partial charge in [0.25, 0.3) is 0 Å². The Hall–Kier alpha value is -3.86. The number of benzene rings is 2. The van der Waals surface area contributed by atoms with Crippen LogP contribution in [0.1, 0.15) is 31.0 Å². The van der Waals surface area contributed by atoms with E-state index >= 15 is 0 Å². The molecule has 0 fully saturated rings. The number of aromatic nitrogens is 3. The van der Waals surface area contributed by atoms with Gasteiger partial charge in [0, 0.05) is 54.2 Å². The highest BCUT2D eigenvalue weighted by molar-refractivity contribution is 6.11. The Kier molecular flexibility index (Phi) is 4.75. The third kappa shape index (κ3) is 3.41. The summed E-state index contributed by atoms with van der Waals surface area (Å²) in [6, 6.07) is 21.2. The number of hydrogen-bond donors (Lipinski definition) is 0. The molecule has 5 nitrogen and oxygen atoms in total. The summed E-state index contributed by atoms with van der Waals surface area (Å²) in [6.07, 6.45) is 9.31. The highest BCUT2D eigenvalue weighted by Gasteiger charge is 2.17. The Bertz CT molecular complexity index is 1480. The van der Waals surface area contributed by atoms with E-state index in [1.807, 2.05) is 12.3 Å². The molecule has 3 aromatic heterocycles. The maximum Gasteiger partial charge on any atom is 0.147 e. The fourth-order valence-electron chi connectivity index (χ4n) is 4.86. The summed E-state index contributed by atoms with van der Waals surface area (Å²) in [5.74, 6) is 0.425. The predicted molar refractivity (Wildman–Crippen MR) is 135 cm³/mol. The molecular formula is C28H27N5. The molecule has 1 aliphatic heterocycles. The summed E-state index contributed by atoms with van der Waals surface area (Å²) in [4.78, 5) is 14.5. The summed E-state index contributed by atoms with van der Waals surface area (Å²) in [5.41, 5.74) is 6.87. The van der Waals surface area contributed by atoms with Crippen molar-refractivity contribution in [3.8, 4) is 0 Å². The second-order valence-electron chi connectivity index (χ2n) is 9.03. The van der Waals surface area contributed by atoms with Crippen LogP contribution in [0.15, 0.2) is 85.5 Å². The first-order valence-electron chi connectivity index (χ1n) is 11.6. The molecule has 0 spiro atoms. The maximum atomic E-state index is 5.06. The van der Waals surface area contributed by atoms with Gasteiger partial charge < -0.3 is 9.80 Å². The number of rotatable bonds is 5. The zero-order chi connectivity index (χ0) is 22.4. The molecule has 5 aromatic rings. The average Bonchev–Trinajstić information content (AvgIpc) is 3.50. The normalized spacial score (nSPS) is 13.9. The molecule has 0 radical (unpaired) electrons. The van der Waals surface area contributed by atoms with Crippen molar-refractivity contribution in [2.75, 3.05) is 18.1 Å². The van der Waals surface area contributed by atoms with E-state index in [4.69, 9.17) is 9.97 Å². The number of pyridine rings is 2. The largest absolute Gasteiger partial charge is 0.358 e. The molecule has 0 aliphatic carbocycles. The number of para-hydroxylation sites is 1. The van der Waals surface area contributed by atoms with Crippen LogP contribution >= 0.6 is 0 Å². The van der Waals surface area contributed by atoms with E-state index in [1.54, 1.807) is 0 Å². The minimum Gasteiger partial charge on any atom is -0.358 e. The number of hydrogen-bond acceptors (Lipinski definition) is 4. The lowest BCUT2D eigenvalue weighted by molar-refractivity contribution is 0.409. The van der Waals surface area contributed by atoms with Gasteiger partial charge in [-0.05, 0) is 41.8 Å². The van der Waals surface area contributed by atoms with Gasteiger partial charge in [0.15, 0.2) is 0 Å². The van der Waals surface area contributed by atoms with Gasteiger partial charge in [-0.15, -0.1) is 0 Å². The van der Waals surface area contributed by atoms with Crippen molar-refractivity contribution >= 4 is 33.1 Å². The van der Waals surface area contributed by atoms with Gasteiger partial charge in [-0.1, -0.05) is 44.2 Å². The van der Waals surface area contributed by atoms with Crippen LogP contribution in [0, 0.1) is 0 Å². The Morgan fingerprint density at radius 1 is 0.939 bits per heavy atom. The van der Waals surface area contributed by atoms with E-state index in [9.17, 15) is 0 Å². The van der Waals surface area contributed by atoms with Crippen LogP contribution in [0.2, 0.25) is 0 Å². The molecular weight excluding hydrogens is 406 g/mol. The summed E-state index contributed by atoms with van der Waals surface area (Å²) < 4.78 is 2.26. The maximum absolute atomic E-state index is 5.06. The van der Waals surface area contributed by atoms with Gasteiger partial charge in [0.1, 0.15) is 5.65 Å². The Morgan fingerprint density at radius 3 is 2.67 bits per heavy atom. The van der Waals surface area contributed by atoms with Crippen molar-refractivity contribution in [2.45, 2.75) is 26.2 Å². The number of nitrogens with zero attached hydrogens (tertiary/aromatic N) is 5. The molecule has 0 saturated heterocycles. The van der Waals surface area contributed by atoms with Crippen LogP contribution in [0.3, 0.4) is 0 Å². The Morgan fingerprint density at radius 2 is 1.82 bits per heavy atom. The molecule has 0 saturated carbocycles. The van der Waals surface area contributed by atoms with E-state index in [0.717, 1.165) is 41.9 Å². The van der Waals surface area contributed by atoms with E-state index in [2.05, 4.69) is 101 Å². The van der Waals surface area contributed by atoms with Gasteiger partial charge in [-0.25, -0.2) is 4.98 Å². The molecule has 164 valence electrons. The molecule has 6 rings (SSSR count). The first kappa shape index (κ1) is 19.8. The van der Waals surface area contributed by atoms with Crippen molar-refractivity contribution in [3.05, 3.63) is 96.7 Å².